The lowest BCUT2D eigenvalue weighted by atomic mass is 9.70. The number of carbonyl (C=O) groups is 2. The Balaban J connectivity index is 1.63. The molecule has 0 aromatic heterocycles. The van der Waals surface area contributed by atoms with Crippen LogP contribution in [0.4, 0.5) is 5.69 Å². The first-order chi connectivity index (χ1) is 16.2. The highest BCUT2D eigenvalue weighted by molar-refractivity contribution is 9.10. The van der Waals surface area contributed by atoms with Crippen molar-refractivity contribution in [1.82, 2.24) is 0 Å². The van der Waals surface area contributed by atoms with E-state index >= 15 is 0 Å². The van der Waals surface area contributed by atoms with Gasteiger partial charge in [-0.1, -0.05) is 48.0 Å². The van der Waals surface area contributed by atoms with E-state index in [2.05, 4.69) is 27.3 Å². The van der Waals surface area contributed by atoms with E-state index in [0.29, 0.717) is 41.2 Å². The van der Waals surface area contributed by atoms with E-state index in [-0.39, 0.29) is 35.2 Å². The topological polar surface area (TPSA) is 114 Å². The number of benzene rings is 2. The molecule has 2 aromatic carbocycles. The molecular weight excluding hydrogens is 498 g/mol. The lowest BCUT2D eigenvalue weighted by molar-refractivity contribution is -0.119. The highest BCUT2D eigenvalue weighted by Crippen LogP contribution is 2.49. The van der Waals surface area contributed by atoms with Gasteiger partial charge in [-0.2, -0.15) is 5.26 Å². The van der Waals surface area contributed by atoms with Crippen molar-refractivity contribution in [2.45, 2.75) is 32.6 Å². The number of hydrogen-bond acceptors (Lipinski definition) is 6. The fraction of sp³-hybridized carbons (Fsp3) is 0.269. The van der Waals surface area contributed by atoms with Gasteiger partial charge in [-0.3, -0.25) is 9.59 Å². The Labute approximate surface area is 206 Å². The van der Waals surface area contributed by atoms with Gasteiger partial charge in [-0.05, 0) is 35.7 Å². The number of ketones is 1. The standard InChI is InChI=1S/C26H24BrN3O4/c1-26(2)11-19(31)24-21(12-26)34-25(29)18(13-28)23(24)17-5-3-4-6-20(17)33-14-22(32)30-16-9-7-15(27)8-10-16/h3-10,23H,11-12,14,29H2,1-2H3,(H,30,32). The summed E-state index contributed by atoms with van der Waals surface area (Å²) in [5, 5.41) is 12.6. The zero-order chi connectivity index (χ0) is 24.5. The molecule has 0 fully saturated rings. The van der Waals surface area contributed by atoms with E-state index in [0.717, 1.165) is 4.47 Å². The molecule has 8 heteroatoms. The first-order valence-corrected chi connectivity index (χ1v) is 11.6. The van der Waals surface area contributed by atoms with Crippen LogP contribution in [0.25, 0.3) is 0 Å². The number of carbonyl (C=O) groups excluding carboxylic acids is 2. The second kappa shape index (κ2) is 9.35. The number of nitrogens with one attached hydrogen (secondary N) is 1. The van der Waals surface area contributed by atoms with Gasteiger partial charge in [0.1, 0.15) is 23.2 Å². The summed E-state index contributed by atoms with van der Waals surface area (Å²) in [6.07, 6.45) is 0.867. The highest BCUT2D eigenvalue weighted by Gasteiger charge is 2.43. The van der Waals surface area contributed by atoms with Gasteiger partial charge >= 0.3 is 0 Å². The smallest absolute Gasteiger partial charge is 0.262 e. The molecule has 1 unspecified atom stereocenters. The van der Waals surface area contributed by atoms with Gasteiger partial charge in [0.25, 0.3) is 5.91 Å². The van der Waals surface area contributed by atoms with Crippen LogP contribution >= 0.6 is 15.9 Å². The van der Waals surface area contributed by atoms with Gasteiger partial charge in [0.05, 0.1) is 5.92 Å². The molecule has 7 nitrogen and oxygen atoms in total. The van der Waals surface area contributed by atoms with Gasteiger partial charge in [-0.25, -0.2) is 0 Å². The SMILES string of the molecule is CC1(C)CC(=O)C2=C(C1)OC(N)=C(C#N)C2c1ccccc1OCC(=O)Nc1ccc(Br)cc1. The van der Waals surface area contributed by atoms with Crippen LogP contribution in [0.3, 0.4) is 0 Å². The highest BCUT2D eigenvalue weighted by atomic mass is 79.9. The van der Waals surface area contributed by atoms with Crippen molar-refractivity contribution < 1.29 is 19.1 Å². The third-order valence-electron chi connectivity index (χ3n) is 5.79. The molecule has 3 N–H and O–H groups in total. The molecule has 1 aliphatic carbocycles. The maximum Gasteiger partial charge on any atom is 0.262 e. The number of halogens is 1. The molecule has 2 aliphatic rings. The Kier molecular flexibility index (Phi) is 6.49. The molecule has 0 saturated carbocycles. The number of ether oxygens (including phenoxy) is 2. The van der Waals surface area contributed by atoms with Crippen LogP contribution in [-0.2, 0) is 14.3 Å². The summed E-state index contributed by atoms with van der Waals surface area (Å²) >= 11 is 3.36. The summed E-state index contributed by atoms with van der Waals surface area (Å²) in [5.41, 5.74) is 7.65. The number of hydrogen-bond donors (Lipinski definition) is 2. The Morgan fingerprint density at radius 3 is 2.65 bits per heavy atom. The maximum absolute atomic E-state index is 13.2. The molecule has 4 rings (SSSR count). The predicted octanol–water partition coefficient (Wildman–Crippen LogP) is 4.92. The van der Waals surface area contributed by atoms with Crippen LogP contribution in [0.5, 0.6) is 5.75 Å². The Hall–Kier alpha value is -3.57. The van der Waals surface area contributed by atoms with E-state index in [1.165, 1.54) is 0 Å². The summed E-state index contributed by atoms with van der Waals surface area (Å²) < 4.78 is 12.5. The number of nitrogens with zero attached hydrogens (tertiary/aromatic N) is 1. The quantitative estimate of drug-likeness (QED) is 0.577. The van der Waals surface area contributed by atoms with Crippen LogP contribution in [0, 0.1) is 16.7 Å². The fourth-order valence-corrected chi connectivity index (χ4v) is 4.58. The van der Waals surface area contributed by atoms with Crippen molar-refractivity contribution in [3.05, 3.63) is 81.4 Å². The summed E-state index contributed by atoms with van der Waals surface area (Å²) in [4.78, 5) is 25.7. The van der Waals surface area contributed by atoms with Gasteiger partial charge in [0, 0.05) is 34.1 Å². The number of rotatable bonds is 5. The zero-order valence-corrected chi connectivity index (χ0v) is 20.4. The average molecular weight is 522 g/mol. The van der Waals surface area contributed by atoms with Gasteiger partial charge in [-0.15, -0.1) is 0 Å². The average Bonchev–Trinajstić information content (AvgIpc) is 2.77. The van der Waals surface area contributed by atoms with Crippen molar-refractivity contribution in [2.24, 2.45) is 11.1 Å². The summed E-state index contributed by atoms with van der Waals surface area (Å²) in [6.45, 7) is 3.74. The summed E-state index contributed by atoms with van der Waals surface area (Å²) in [6, 6.07) is 16.4. The molecule has 174 valence electrons. The third kappa shape index (κ3) is 4.85. The van der Waals surface area contributed by atoms with E-state index in [9.17, 15) is 14.9 Å². The molecule has 34 heavy (non-hydrogen) atoms. The Morgan fingerprint density at radius 2 is 1.94 bits per heavy atom. The Bertz CT molecular complexity index is 1260. The molecule has 2 aromatic rings. The van der Waals surface area contributed by atoms with Crippen LogP contribution < -0.4 is 15.8 Å². The van der Waals surface area contributed by atoms with E-state index in [1.54, 1.807) is 36.4 Å². The lowest BCUT2D eigenvalue weighted by Crippen LogP contribution is -2.33. The molecule has 0 bridgehead atoms. The van der Waals surface area contributed by atoms with Crippen LogP contribution in [-0.4, -0.2) is 18.3 Å². The molecule has 1 heterocycles. The first kappa shape index (κ1) is 23.6. The van der Waals surface area contributed by atoms with E-state index in [1.807, 2.05) is 26.0 Å². The van der Waals surface area contributed by atoms with Crippen LogP contribution in [0.2, 0.25) is 0 Å². The van der Waals surface area contributed by atoms with Gasteiger partial charge in [0.2, 0.25) is 5.88 Å². The van der Waals surface area contributed by atoms with Crippen molar-refractivity contribution in [1.29, 1.82) is 5.26 Å². The zero-order valence-electron chi connectivity index (χ0n) is 18.9. The van der Waals surface area contributed by atoms with E-state index in [4.69, 9.17) is 15.2 Å². The number of allylic oxidation sites excluding steroid dienone is 3. The number of Topliss-reactive ketones (excluding diaryl/α,β-unsaturated/α-hetero) is 1. The first-order valence-electron chi connectivity index (χ1n) is 10.8. The molecule has 1 aliphatic heterocycles. The third-order valence-corrected chi connectivity index (χ3v) is 6.32. The Morgan fingerprint density at radius 1 is 1.24 bits per heavy atom. The number of amides is 1. The van der Waals surface area contributed by atoms with Crippen molar-refractivity contribution >= 4 is 33.3 Å². The minimum Gasteiger partial charge on any atom is -0.483 e. The minimum atomic E-state index is -0.719. The molecule has 1 amide bonds. The monoisotopic (exact) mass is 521 g/mol. The number of para-hydroxylation sites is 1. The molecular formula is C26H24BrN3O4. The molecule has 0 spiro atoms. The van der Waals surface area contributed by atoms with Gasteiger partial charge in [0.15, 0.2) is 12.4 Å². The van der Waals surface area contributed by atoms with Crippen molar-refractivity contribution in [3.63, 3.8) is 0 Å². The summed E-state index contributed by atoms with van der Waals surface area (Å²) in [5.74, 6) is -0.270. The van der Waals surface area contributed by atoms with E-state index < -0.39 is 5.92 Å². The van der Waals surface area contributed by atoms with Crippen molar-refractivity contribution in [2.75, 3.05) is 11.9 Å². The molecule has 0 saturated heterocycles. The normalized spacial score (nSPS) is 19.1. The number of nitriles is 1. The maximum atomic E-state index is 13.2. The fourth-order valence-electron chi connectivity index (χ4n) is 4.32. The van der Waals surface area contributed by atoms with Crippen LogP contribution in [0.1, 0.15) is 38.2 Å². The second-order valence-corrected chi connectivity index (χ2v) is 10.00. The van der Waals surface area contributed by atoms with Crippen molar-refractivity contribution in [3.8, 4) is 11.8 Å². The van der Waals surface area contributed by atoms with Gasteiger partial charge < -0.3 is 20.5 Å². The largest absolute Gasteiger partial charge is 0.483 e. The molecule has 1 atom stereocenters. The second-order valence-electron chi connectivity index (χ2n) is 9.08. The van der Waals surface area contributed by atoms with Crippen LogP contribution in [0.15, 0.2) is 75.8 Å². The molecule has 0 radical (unpaired) electrons. The number of nitrogens with two attached hydrogens (primary N) is 1. The lowest BCUT2D eigenvalue weighted by Gasteiger charge is -2.37. The minimum absolute atomic E-state index is 0.0143. The predicted molar refractivity (Wildman–Crippen MR) is 130 cm³/mol. The summed E-state index contributed by atoms with van der Waals surface area (Å²) in [7, 11) is 0. The number of anilines is 1.